The number of nitrogens with one attached hydrogen (secondary N) is 1. The van der Waals surface area contributed by atoms with Gasteiger partial charge in [-0.2, -0.15) is 5.10 Å². The number of hydrogen-bond acceptors (Lipinski definition) is 3. The fourth-order valence-electron chi connectivity index (χ4n) is 2.74. The first-order chi connectivity index (χ1) is 12.0. The Morgan fingerprint density at radius 3 is 2.62 bits per heavy atom. The molecule has 0 saturated heterocycles. The van der Waals surface area contributed by atoms with Crippen LogP contribution in [-0.2, 0) is 7.05 Å². The topological polar surface area (TPSA) is 48.7 Å². The third-order valence-corrected chi connectivity index (χ3v) is 4.25. The van der Waals surface area contributed by atoms with Gasteiger partial charge in [0.15, 0.2) is 5.96 Å². The van der Waals surface area contributed by atoms with Crippen LogP contribution in [0.25, 0.3) is 0 Å². The second-order valence-electron chi connectivity index (χ2n) is 6.68. The van der Waals surface area contributed by atoms with Crippen LogP contribution in [0.15, 0.2) is 30.0 Å². The molecule has 0 bridgehead atoms. The van der Waals surface area contributed by atoms with Crippen molar-refractivity contribution in [3.05, 3.63) is 30.6 Å². The van der Waals surface area contributed by atoms with E-state index in [1.807, 2.05) is 24.0 Å². The zero-order valence-electron chi connectivity index (χ0n) is 17.1. The van der Waals surface area contributed by atoms with Gasteiger partial charge in [-0.05, 0) is 40.3 Å². The summed E-state index contributed by atoms with van der Waals surface area (Å²) >= 11 is 0. The summed E-state index contributed by atoms with van der Waals surface area (Å²) in [7, 11) is 8.24. The number of nitrogens with zero attached hydrogens (tertiary/aromatic N) is 5. The summed E-state index contributed by atoms with van der Waals surface area (Å²) in [5.41, 5.74) is 1.19. The number of rotatable bonds is 11. The molecule has 1 atom stereocenters. The van der Waals surface area contributed by atoms with Crippen molar-refractivity contribution in [2.75, 3.05) is 40.8 Å². The molecule has 1 N–H and O–H groups in total. The summed E-state index contributed by atoms with van der Waals surface area (Å²) in [5, 5.41) is 7.70. The van der Waals surface area contributed by atoms with Crippen LogP contribution < -0.4 is 5.32 Å². The van der Waals surface area contributed by atoms with Gasteiger partial charge in [0.05, 0.1) is 18.8 Å². The Balaban J connectivity index is 0.00000625. The van der Waals surface area contributed by atoms with E-state index in [0.29, 0.717) is 6.54 Å². The van der Waals surface area contributed by atoms with Gasteiger partial charge in [-0.15, -0.1) is 30.6 Å². The van der Waals surface area contributed by atoms with Crippen LogP contribution in [0.3, 0.4) is 0 Å². The predicted molar refractivity (Wildman–Crippen MR) is 122 cm³/mol. The molecule has 1 rings (SSSR count). The Kier molecular flexibility index (Phi) is 13.4. The third kappa shape index (κ3) is 9.02. The van der Waals surface area contributed by atoms with Crippen LogP contribution in [0.4, 0.5) is 0 Å². The maximum atomic E-state index is 4.87. The molecule has 1 aromatic rings. The fraction of sp³-hybridized carbons (Fsp3) is 0.684. The number of guanidine groups is 1. The van der Waals surface area contributed by atoms with Crippen molar-refractivity contribution in [2.45, 2.75) is 38.6 Å². The van der Waals surface area contributed by atoms with Gasteiger partial charge in [0.25, 0.3) is 0 Å². The van der Waals surface area contributed by atoms with Crippen LogP contribution in [0, 0.1) is 0 Å². The van der Waals surface area contributed by atoms with E-state index in [0.717, 1.165) is 25.5 Å². The monoisotopic (exact) mass is 476 g/mol. The van der Waals surface area contributed by atoms with Gasteiger partial charge >= 0.3 is 0 Å². The third-order valence-electron chi connectivity index (χ3n) is 4.25. The van der Waals surface area contributed by atoms with Gasteiger partial charge in [-0.25, -0.2) is 0 Å². The summed E-state index contributed by atoms with van der Waals surface area (Å²) in [4.78, 5) is 9.30. The molecule has 1 aromatic heterocycles. The average molecular weight is 476 g/mol. The van der Waals surface area contributed by atoms with Crippen LogP contribution in [0.1, 0.15) is 44.2 Å². The van der Waals surface area contributed by atoms with E-state index in [9.17, 15) is 0 Å². The summed E-state index contributed by atoms with van der Waals surface area (Å²) in [5.74, 6) is 0.974. The summed E-state index contributed by atoms with van der Waals surface area (Å²) < 4.78 is 1.84. The highest BCUT2D eigenvalue weighted by molar-refractivity contribution is 14.0. The summed E-state index contributed by atoms with van der Waals surface area (Å²) in [6.07, 6.45) is 10.7. The molecule has 1 heterocycles. The molecule has 0 saturated carbocycles. The molecule has 0 aliphatic carbocycles. The molecular formula is C19H37IN6. The maximum Gasteiger partial charge on any atom is 0.193 e. The number of unbranched alkanes of at least 4 members (excludes halogenated alkanes) is 3. The number of allylic oxidation sites excluding steroid dienone is 1. The first-order valence-corrected chi connectivity index (χ1v) is 9.24. The van der Waals surface area contributed by atoms with Gasteiger partial charge in [0.1, 0.15) is 0 Å². The van der Waals surface area contributed by atoms with E-state index >= 15 is 0 Å². The lowest BCUT2D eigenvalue weighted by Crippen LogP contribution is -2.40. The Morgan fingerprint density at radius 2 is 2.08 bits per heavy atom. The van der Waals surface area contributed by atoms with Crippen LogP contribution in [0.2, 0.25) is 0 Å². The first-order valence-electron chi connectivity index (χ1n) is 9.24. The first kappa shape index (κ1) is 24.9. The van der Waals surface area contributed by atoms with E-state index in [-0.39, 0.29) is 30.0 Å². The summed E-state index contributed by atoms with van der Waals surface area (Å²) in [6.45, 7) is 8.49. The van der Waals surface area contributed by atoms with Crippen molar-refractivity contribution in [3.8, 4) is 0 Å². The standard InChI is InChI=1S/C19H36N6.HI/c1-7-9-10-11-12-13-24(5)19(20-8-2)21-15-18(23(3)4)17-14-22-25(6)16-17;/h7,14,16,18H,1,8-13,15H2,2-6H3,(H,20,21);1H. The smallest absolute Gasteiger partial charge is 0.193 e. The van der Waals surface area contributed by atoms with Gasteiger partial charge < -0.3 is 15.1 Å². The van der Waals surface area contributed by atoms with Gasteiger partial charge in [0.2, 0.25) is 0 Å². The molecule has 1 unspecified atom stereocenters. The second-order valence-corrected chi connectivity index (χ2v) is 6.68. The molecule has 0 radical (unpaired) electrons. The lowest BCUT2D eigenvalue weighted by Gasteiger charge is -2.25. The Morgan fingerprint density at radius 1 is 1.35 bits per heavy atom. The normalized spacial score (nSPS) is 12.6. The number of likely N-dealkylation sites (N-methyl/N-ethyl adjacent to an activating group) is 1. The number of halogens is 1. The SMILES string of the molecule is C=CCCCCCN(C)C(=NCC(c1cnn(C)c1)N(C)C)NCC.I. The molecule has 0 fully saturated rings. The van der Waals surface area contributed by atoms with E-state index in [4.69, 9.17) is 4.99 Å². The Hall–Kier alpha value is -1.09. The van der Waals surface area contributed by atoms with Crippen LogP contribution in [0.5, 0.6) is 0 Å². The molecule has 0 aliphatic heterocycles. The Labute approximate surface area is 176 Å². The highest BCUT2D eigenvalue weighted by Crippen LogP contribution is 2.17. The zero-order chi connectivity index (χ0) is 18.7. The number of hydrogen-bond donors (Lipinski definition) is 1. The lowest BCUT2D eigenvalue weighted by molar-refractivity contribution is 0.305. The van der Waals surface area contributed by atoms with E-state index < -0.39 is 0 Å². The van der Waals surface area contributed by atoms with Crippen molar-refractivity contribution < 1.29 is 0 Å². The molecule has 0 aliphatic rings. The predicted octanol–water partition coefficient (Wildman–Crippen LogP) is 3.28. The zero-order valence-corrected chi connectivity index (χ0v) is 19.4. The molecule has 6 nitrogen and oxygen atoms in total. The van der Waals surface area contributed by atoms with Crippen molar-refractivity contribution in [1.29, 1.82) is 0 Å². The highest BCUT2D eigenvalue weighted by Gasteiger charge is 2.16. The van der Waals surface area contributed by atoms with Gasteiger partial charge in [0, 0.05) is 38.9 Å². The second kappa shape index (κ2) is 14.0. The van der Waals surface area contributed by atoms with Crippen LogP contribution >= 0.6 is 24.0 Å². The van der Waals surface area contributed by atoms with Crippen molar-refractivity contribution in [2.24, 2.45) is 12.0 Å². The van der Waals surface area contributed by atoms with E-state index in [1.54, 1.807) is 0 Å². The molecule has 0 amide bonds. The van der Waals surface area contributed by atoms with Crippen molar-refractivity contribution in [3.63, 3.8) is 0 Å². The van der Waals surface area contributed by atoms with E-state index in [1.165, 1.54) is 24.8 Å². The average Bonchev–Trinajstić information content (AvgIpc) is 2.99. The minimum absolute atomic E-state index is 0. The van der Waals surface area contributed by atoms with Crippen LogP contribution in [-0.4, -0.2) is 66.3 Å². The molecule has 150 valence electrons. The molecule has 0 aromatic carbocycles. The minimum atomic E-state index is 0. The largest absolute Gasteiger partial charge is 0.357 e. The van der Waals surface area contributed by atoms with E-state index in [2.05, 4.69) is 61.1 Å². The summed E-state index contributed by atoms with van der Waals surface area (Å²) in [6, 6.07) is 0.225. The number of aryl methyl sites for hydroxylation is 1. The lowest BCUT2D eigenvalue weighted by atomic mass is 10.1. The minimum Gasteiger partial charge on any atom is -0.357 e. The number of aromatic nitrogens is 2. The van der Waals surface area contributed by atoms with Crippen molar-refractivity contribution >= 4 is 29.9 Å². The number of aliphatic imine (C=N–C) groups is 1. The van der Waals surface area contributed by atoms with Gasteiger partial charge in [-0.3, -0.25) is 9.67 Å². The quantitative estimate of drug-likeness (QED) is 0.175. The molecule has 26 heavy (non-hydrogen) atoms. The highest BCUT2D eigenvalue weighted by atomic mass is 127. The molecule has 7 heteroatoms. The fourth-order valence-corrected chi connectivity index (χ4v) is 2.74. The van der Waals surface area contributed by atoms with Crippen molar-refractivity contribution in [1.82, 2.24) is 24.9 Å². The maximum absolute atomic E-state index is 4.87. The molecular weight excluding hydrogens is 439 g/mol. The Bertz CT molecular complexity index is 526. The van der Waals surface area contributed by atoms with Gasteiger partial charge in [-0.1, -0.05) is 12.5 Å². The molecule has 0 spiro atoms.